The third-order valence-corrected chi connectivity index (χ3v) is 3.74. The van der Waals surface area contributed by atoms with Crippen LogP contribution in [0.5, 0.6) is 5.75 Å². The molecule has 1 aromatic heterocycles. The first-order chi connectivity index (χ1) is 9.86. The maximum Gasteiger partial charge on any atom is 0.134 e. The van der Waals surface area contributed by atoms with Gasteiger partial charge in [0.25, 0.3) is 0 Å². The maximum absolute atomic E-state index is 5.74. The van der Waals surface area contributed by atoms with Crippen molar-refractivity contribution in [1.82, 2.24) is 4.98 Å². The number of rotatable bonds is 4. The minimum absolute atomic E-state index is 0.298. The Hall–Kier alpha value is -1.81. The van der Waals surface area contributed by atoms with Crippen LogP contribution in [0.3, 0.4) is 0 Å². The van der Waals surface area contributed by atoms with Crippen LogP contribution in [-0.2, 0) is 4.74 Å². The van der Waals surface area contributed by atoms with E-state index in [0.717, 1.165) is 41.9 Å². The van der Waals surface area contributed by atoms with Gasteiger partial charge in [0.15, 0.2) is 0 Å². The Labute approximate surface area is 119 Å². The van der Waals surface area contributed by atoms with E-state index in [2.05, 4.69) is 16.4 Å². The topological polar surface area (TPSA) is 43.4 Å². The van der Waals surface area contributed by atoms with Gasteiger partial charge in [-0.05, 0) is 42.8 Å². The van der Waals surface area contributed by atoms with Crippen molar-refractivity contribution in [3.05, 3.63) is 30.5 Å². The van der Waals surface area contributed by atoms with Gasteiger partial charge >= 0.3 is 0 Å². The van der Waals surface area contributed by atoms with Crippen molar-refractivity contribution < 1.29 is 9.47 Å². The molecular weight excluding hydrogens is 252 g/mol. The van der Waals surface area contributed by atoms with E-state index < -0.39 is 0 Å². The lowest BCUT2D eigenvalue weighted by Gasteiger charge is -2.23. The Kier molecular flexibility index (Phi) is 4.02. The van der Waals surface area contributed by atoms with Crippen molar-refractivity contribution >= 4 is 16.6 Å². The zero-order valence-corrected chi connectivity index (χ0v) is 11.8. The molecule has 0 radical (unpaired) electrons. The number of aromatic nitrogens is 1. The first kappa shape index (κ1) is 13.2. The van der Waals surface area contributed by atoms with Crippen molar-refractivity contribution in [1.29, 1.82) is 0 Å². The summed E-state index contributed by atoms with van der Waals surface area (Å²) in [5, 5.41) is 5.66. The SMILES string of the molecule is COc1ccc2ccnc(NCC3CCCCO3)c2c1. The Balaban J connectivity index is 1.79. The molecule has 4 heteroatoms. The summed E-state index contributed by atoms with van der Waals surface area (Å²) in [5.74, 6) is 1.75. The maximum atomic E-state index is 5.74. The van der Waals surface area contributed by atoms with E-state index in [9.17, 15) is 0 Å². The number of ether oxygens (including phenoxy) is 2. The Morgan fingerprint density at radius 1 is 1.35 bits per heavy atom. The van der Waals surface area contributed by atoms with E-state index in [4.69, 9.17) is 9.47 Å². The van der Waals surface area contributed by atoms with Gasteiger partial charge in [0.2, 0.25) is 0 Å². The smallest absolute Gasteiger partial charge is 0.134 e. The average molecular weight is 272 g/mol. The zero-order valence-electron chi connectivity index (χ0n) is 11.8. The van der Waals surface area contributed by atoms with Crippen LogP contribution in [-0.4, -0.2) is 31.3 Å². The molecule has 2 heterocycles. The van der Waals surface area contributed by atoms with Gasteiger partial charge in [-0.2, -0.15) is 0 Å². The number of methoxy groups -OCH3 is 1. The standard InChI is InChI=1S/C16H20N2O2/c1-19-13-6-5-12-7-8-17-16(15(12)10-13)18-11-14-4-2-3-9-20-14/h5-8,10,14H,2-4,9,11H2,1H3,(H,17,18). The highest BCUT2D eigenvalue weighted by atomic mass is 16.5. The van der Waals surface area contributed by atoms with Gasteiger partial charge in [-0.1, -0.05) is 6.07 Å². The monoisotopic (exact) mass is 272 g/mol. The molecule has 1 unspecified atom stereocenters. The second-order valence-corrected chi connectivity index (χ2v) is 5.12. The summed E-state index contributed by atoms with van der Waals surface area (Å²) >= 11 is 0. The first-order valence-electron chi connectivity index (χ1n) is 7.15. The Bertz CT molecular complexity index is 580. The van der Waals surface area contributed by atoms with Crippen molar-refractivity contribution in [2.45, 2.75) is 25.4 Å². The minimum Gasteiger partial charge on any atom is -0.497 e. The molecule has 0 spiro atoms. The third kappa shape index (κ3) is 2.85. The van der Waals surface area contributed by atoms with Crippen LogP contribution in [0.1, 0.15) is 19.3 Å². The number of benzene rings is 1. The zero-order chi connectivity index (χ0) is 13.8. The summed E-state index contributed by atoms with van der Waals surface area (Å²) in [4.78, 5) is 4.44. The number of fused-ring (bicyclic) bond motifs is 1. The van der Waals surface area contributed by atoms with E-state index in [1.165, 1.54) is 12.8 Å². The van der Waals surface area contributed by atoms with Gasteiger partial charge in [-0.25, -0.2) is 4.98 Å². The molecule has 0 aliphatic carbocycles. The van der Waals surface area contributed by atoms with E-state index in [-0.39, 0.29) is 0 Å². The lowest BCUT2D eigenvalue weighted by molar-refractivity contribution is 0.0247. The molecule has 1 aromatic carbocycles. The molecular formula is C16H20N2O2. The summed E-state index contributed by atoms with van der Waals surface area (Å²) in [6, 6.07) is 8.05. The number of hydrogen-bond donors (Lipinski definition) is 1. The van der Waals surface area contributed by atoms with Crippen LogP contribution in [0, 0.1) is 0 Å². The van der Waals surface area contributed by atoms with Crippen LogP contribution >= 0.6 is 0 Å². The molecule has 0 amide bonds. The largest absolute Gasteiger partial charge is 0.497 e. The molecule has 0 saturated carbocycles. The highest BCUT2D eigenvalue weighted by Crippen LogP contribution is 2.26. The van der Waals surface area contributed by atoms with Crippen LogP contribution in [0.2, 0.25) is 0 Å². The number of pyridine rings is 1. The minimum atomic E-state index is 0.298. The quantitative estimate of drug-likeness (QED) is 0.928. The fraction of sp³-hybridized carbons (Fsp3) is 0.438. The fourth-order valence-corrected chi connectivity index (χ4v) is 2.59. The Morgan fingerprint density at radius 3 is 3.10 bits per heavy atom. The van der Waals surface area contributed by atoms with Crippen LogP contribution in [0.25, 0.3) is 10.8 Å². The highest BCUT2D eigenvalue weighted by molar-refractivity contribution is 5.92. The first-order valence-corrected chi connectivity index (χ1v) is 7.15. The summed E-state index contributed by atoms with van der Waals surface area (Å²) in [7, 11) is 1.68. The number of nitrogens with zero attached hydrogens (tertiary/aromatic N) is 1. The van der Waals surface area contributed by atoms with Crippen molar-refractivity contribution in [3.63, 3.8) is 0 Å². The number of nitrogens with one attached hydrogen (secondary N) is 1. The highest BCUT2D eigenvalue weighted by Gasteiger charge is 2.14. The molecule has 2 aromatic rings. The molecule has 1 saturated heterocycles. The van der Waals surface area contributed by atoms with Crippen LogP contribution in [0.15, 0.2) is 30.5 Å². The molecule has 1 fully saturated rings. The summed E-state index contributed by atoms with van der Waals surface area (Å²) in [5.41, 5.74) is 0. The van der Waals surface area contributed by atoms with E-state index >= 15 is 0 Å². The average Bonchev–Trinajstić information content (AvgIpc) is 2.53. The second kappa shape index (κ2) is 6.09. The van der Waals surface area contributed by atoms with E-state index in [0.29, 0.717) is 6.10 Å². The predicted molar refractivity (Wildman–Crippen MR) is 80.4 cm³/mol. The van der Waals surface area contributed by atoms with Crippen molar-refractivity contribution in [3.8, 4) is 5.75 Å². The predicted octanol–water partition coefficient (Wildman–Crippen LogP) is 3.22. The molecule has 1 aliphatic heterocycles. The van der Waals surface area contributed by atoms with Gasteiger partial charge in [0, 0.05) is 24.7 Å². The second-order valence-electron chi connectivity index (χ2n) is 5.12. The summed E-state index contributed by atoms with van der Waals surface area (Å²) in [6.07, 6.45) is 5.69. The van der Waals surface area contributed by atoms with Crippen molar-refractivity contribution in [2.75, 3.05) is 25.6 Å². The third-order valence-electron chi connectivity index (χ3n) is 3.74. The Morgan fingerprint density at radius 2 is 2.30 bits per heavy atom. The van der Waals surface area contributed by atoms with Crippen molar-refractivity contribution in [2.24, 2.45) is 0 Å². The fourth-order valence-electron chi connectivity index (χ4n) is 2.59. The lowest BCUT2D eigenvalue weighted by atomic mass is 10.1. The lowest BCUT2D eigenvalue weighted by Crippen LogP contribution is -2.27. The molecule has 4 nitrogen and oxygen atoms in total. The molecule has 1 atom stereocenters. The molecule has 106 valence electrons. The normalized spacial score (nSPS) is 18.9. The molecule has 0 bridgehead atoms. The van der Waals surface area contributed by atoms with Gasteiger partial charge in [-0.15, -0.1) is 0 Å². The molecule has 20 heavy (non-hydrogen) atoms. The van der Waals surface area contributed by atoms with Gasteiger partial charge in [0.05, 0.1) is 13.2 Å². The van der Waals surface area contributed by atoms with Gasteiger partial charge in [-0.3, -0.25) is 0 Å². The molecule has 1 aliphatic rings. The van der Waals surface area contributed by atoms with Gasteiger partial charge < -0.3 is 14.8 Å². The number of hydrogen-bond acceptors (Lipinski definition) is 4. The van der Waals surface area contributed by atoms with Gasteiger partial charge in [0.1, 0.15) is 11.6 Å². The summed E-state index contributed by atoms with van der Waals surface area (Å²) < 4.78 is 11.0. The number of anilines is 1. The summed E-state index contributed by atoms with van der Waals surface area (Å²) in [6.45, 7) is 1.69. The van der Waals surface area contributed by atoms with E-state index in [1.54, 1.807) is 7.11 Å². The van der Waals surface area contributed by atoms with Crippen LogP contribution in [0.4, 0.5) is 5.82 Å². The van der Waals surface area contributed by atoms with E-state index in [1.807, 2.05) is 24.4 Å². The molecule has 1 N–H and O–H groups in total. The molecule has 3 rings (SSSR count). The van der Waals surface area contributed by atoms with Crippen LogP contribution < -0.4 is 10.1 Å².